The van der Waals surface area contributed by atoms with Crippen LogP contribution in [-0.2, 0) is 20.0 Å². The molecule has 0 radical (unpaired) electrons. The maximum Gasteiger partial charge on any atom is 0.330 e. The van der Waals surface area contributed by atoms with Crippen LogP contribution in [0.5, 0.6) is 11.5 Å². The Hall–Kier alpha value is -1.03. The second kappa shape index (κ2) is 8.30. The molecule has 0 aliphatic heterocycles. The standard InChI is InChI=1S/C14H23O5P/c1-5-18-20(15,19-6-2)10-9-12-7-8-13(16-3)14(11-12)17-4/h7-8,11H,5-6,9-10H2,1-4H3. The smallest absolute Gasteiger partial charge is 0.330 e. The van der Waals surface area contributed by atoms with E-state index in [0.29, 0.717) is 37.3 Å². The van der Waals surface area contributed by atoms with Crippen LogP contribution in [0, 0.1) is 0 Å². The first kappa shape index (κ1) is 17.0. The molecular weight excluding hydrogens is 279 g/mol. The van der Waals surface area contributed by atoms with Crippen LogP contribution >= 0.6 is 7.60 Å². The molecule has 1 aromatic rings. The van der Waals surface area contributed by atoms with Crippen LogP contribution in [0.1, 0.15) is 19.4 Å². The van der Waals surface area contributed by atoms with Gasteiger partial charge in [-0.05, 0) is 38.0 Å². The van der Waals surface area contributed by atoms with Crippen LogP contribution in [-0.4, -0.2) is 33.6 Å². The van der Waals surface area contributed by atoms with Crippen molar-refractivity contribution < 1.29 is 23.1 Å². The van der Waals surface area contributed by atoms with Crippen LogP contribution in [0.25, 0.3) is 0 Å². The minimum atomic E-state index is -3.00. The average molecular weight is 302 g/mol. The van der Waals surface area contributed by atoms with E-state index in [-0.39, 0.29) is 0 Å². The summed E-state index contributed by atoms with van der Waals surface area (Å²) in [7, 11) is 0.184. The topological polar surface area (TPSA) is 54.0 Å². The fourth-order valence-electron chi connectivity index (χ4n) is 1.86. The average Bonchev–Trinajstić information content (AvgIpc) is 2.45. The zero-order chi connectivity index (χ0) is 15.0. The highest BCUT2D eigenvalue weighted by molar-refractivity contribution is 7.53. The number of ether oxygens (including phenoxy) is 2. The molecule has 114 valence electrons. The van der Waals surface area contributed by atoms with Gasteiger partial charge in [-0.15, -0.1) is 0 Å². The summed E-state index contributed by atoms with van der Waals surface area (Å²) in [5, 5.41) is 0. The van der Waals surface area contributed by atoms with Crippen molar-refractivity contribution in [2.24, 2.45) is 0 Å². The normalized spacial score (nSPS) is 11.4. The molecule has 0 amide bonds. The number of rotatable bonds is 9. The lowest BCUT2D eigenvalue weighted by Gasteiger charge is -2.17. The second-order valence-electron chi connectivity index (χ2n) is 4.11. The molecule has 0 fully saturated rings. The van der Waals surface area contributed by atoms with Gasteiger partial charge in [0.25, 0.3) is 0 Å². The third kappa shape index (κ3) is 4.82. The highest BCUT2D eigenvalue weighted by atomic mass is 31.2. The Labute approximate surface area is 120 Å². The molecule has 0 aromatic heterocycles. The SMILES string of the molecule is CCOP(=O)(CCc1ccc(OC)c(OC)c1)OCC. The Morgan fingerprint density at radius 3 is 2.10 bits per heavy atom. The second-order valence-corrected chi connectivity index (χ2v) is 6.29. The van der Waals surface area contributed by atoms with Crippen molar-refractivity contribution in [1.82, 2.24) is 0 Å². The summed E-state index contributed by atoms with van der Waals surface area (Å²) in [6.07, 6.45) is 0.946. The van der Waals surface area contributed by atoms with Crippen molar-refractivity contribution in [1.29, 1.82) is 0 Å². The molecule has 0 bridgehead atoms. The predicted octanol–water partition coefficient (Wildman–Crippen LogP) is 3.51. The van der Waals surface area contributed by atoms with Crippen LogP contribution in [0.4, 0.5) is 0 Å². The number of methoxy groups -OCH3 is 2. The Bertz CT molecular complexity index is 451. The van der Waals surface area contributed by atoms with Crippen molar-refractivity contribution >= 4 is 7.60 Å². The van der Waals surface area contributed by atoms with Gasteiger partial charge in [0.2, 0.25) is 0 Å². The van der Waals surface area contributed by atoms with E-state index < -0.39 is 7.60 Å². The number of benzene rings is 1. The maximum atomic E-state index is 12.4. The molecule has 0 saturated heterocycles. The summed E-state index contributed by atoms with van der Waals surface area (Å²) < 4.78 is 33.3. The van der Waals surface area contributed by atoms with E-state index in [4.69, 9.17) is 18.5 Å². The van der Waals surface area contributed by atoms with Gasteiger partial charge in [-0.25, -0.2) is 0 Å². The third-order valence-corrected chi connectivity index (χ3v) is 4.85. The van der Waals surface area contributed by atoms with E-state index in [2.05, 4.69) is 0 Å². The summed E-state index contributed by atoms with van der Waals surface area (Å²) in [4.78, 5) is 0. The Morgan fingerprint density at radius 2 is 1.60 bits per heavy atom. The van der Waals surface area contributed by atoms with Gasteiger partial charge in [0.15, 0.2) is 11.5 Å². The van der Waals surface area contributed by atoms with Crippen LogP contribution in [0.3, 0.4) is 0 Å². The molecule has 5 nitrogen and oxygen atoms in total. The highest BCUT2D eigenvalue weighted by Crippen LogP contribution is 2.48. The van der Waals surface area contributed by atoms with E-state index in [1.54, 1.807) is 14.2 Å². The molecular formula is C14H23O5P. The van der Waals surface area contributed by atoms with Gasteiger partial charge in [0, 0.05) is 0 Å². The van der Waals surface area contributed by atoms with E-state index in [9.17, 15) is 4.57 Å². The third-order valence-electron chi connectivity index (χ3n) is 2.77. The zero-order valence-corrected chi connectivity index (χ0v) is 13.4. The van der Waals surface area contributed by atoms with Crippen molar-refractivity contribution in [3.05, 3.63) is 23.8 Å². The van der Waals surface area contributed by atoms with Crippen LogP contribution in [0.2, 0.25) is 0 Å². The van der Waals surface area contributed by atoms with Gasteiger partial charge in [-0.1, -0.05) is 6.07 Å². The summed E-state index contributed by atoms with van der Waals surface area (Å²) in [6, 6.07) is 5.63. The zero-order valence-electron chi connectivity index (χ0n) is 12.5. The fraction of sp³-hybridized carbons (Fsp3) is 0.571. The fourth-order valence-corrected chi connectivity index (χ4v) is 3.51. The van der Waals surface area contributed by atoms with Crippen LogP contribution < -0.4 is 9.47 Å². The lowest BCUT2D eigenvalue weighted by atomic mass is 10.1. The number of hydrogen-bond acceptors (Lipinski definition) is 5. The van der Waals surface area contributed by atoms with Crippen LogP contribution in [0.15, 0.2) is 18.2 Å². The number of hydrogen-bond donors (Lipinski definition) is 0. The number of aryl methyl sites for hydroxylation is 1. The van der Waals surface area contributed by atoms with Gasteiger partial charge in [-0.2, -0.15) is 0 Å². The molecule has 0 N–H and O–H groups in total. The summed E-state index contributed by atoms with van der Waals surface area (Å²) >= 11 is 0. The van der Waals surface area contributed by atoms with E-state index in [1.165, 1.54) is 0 Å². The van der Waals surface area contributed by atoms with Gasteiger partial charge in [0.1, 0.15) is 0 Å². The minimum Gasteiger partial charge on any atom is -0.493 e. The molecule has 6 heteroatoms. The van der Waals surface area contributed by atoms with E-state index >= 15 is 0 Å². The van der Waals surface area contributed by atoms with Crippen molar-refractivity contribution in [2.45, 2.75) is 20.3 Å². The first-order chi connectivity index (χ1) is 9.58. The molecule has 0 unspecified atom stereocenters. The highest BCUT2D eigenvalue weighted by Gasteiger charge is 2.23. The maximum absolute atomic E-state index is 12.4. The lowest BCUT2D eigenvalue weighted by Crippen LogP contribution is -2.03. The summed E-state index contributed by atoms with van der Waals surface area (Å²) in [6.45, 7) is 4.37. The van der Waals surface area contributed by atoms with E-state index in [1.807, 2.05) is 32.0 Å². The first-order valence-electron chi connectivity index (χ1n) is 6.67. The van der Waals surface area contributed by atoms with E-state index in [0.717, 1.165) is 5.56 Å². The summed E-state index contributed by atoms with van der Waals surface area (Å²) in [5.74, 6) is 1.33. The molecule has 0 aliphatic carbocycles. The quantitative estimate of drug-likeness (QED) is 0.653. The predicted molar refractivity (Wildman–Crippen MR) is 79.0 cm³/mol. The minimum absolute atomic E-state index is 0.351. The Kier molecular flexibility index (Phi) is 7.06. The monoisotopic (exact) mass is 302 g/mol. The lowest BCUT2D eigenvalue weighted by molar-refractivity contribution is 0.220. The van der Waals surface area contributed by atoms with Crippen molar-refractivity contribution in [3.8, 4) is 11.5 Å². The molecule has 0 heterocycles. The molecule has 1 rings (SSSR count). The first-order valence-corrected chi connectivity index (χ1v) is 8.40. The van der Waals surface area contributed by atoms with Crippen molar-refractivity contribution in [3.63, 3.8) is 0 Å². The molecule has 0 aliphatic rings. The van der Waals surface area contributed by atoms with Crippen molar-refractivity contribution in [2.75, 3.05) is 33.6 Å². The summed E-state index contributed by atoms with van der Waals surface area (Å²) in [5.41, 5.74) is 1.00. The Balaban J connectivity index is 2.75. The molecule has 20 heavy (non-hydrogen) atoms. The van der Waals surface area contributed by atoms with Gasteiger partial charge < -0.3 is 18.5 Å². The van der Waals surface area contributed by atoms with Gasteiger partial charge >= 0.3 is 7.60 Å². The molecule has 0 saturated carbocycles. The molecule has 1 aromatic carbocycles. The molecule has 0 spiro atoms. The van der Waals surface area contributed by atoms with Gasteiger partial charge in [-0.3, -0.25) is 4.57 Å². The Morgan fingerprint density at radius 1 is 1.00 bits per heavy atom. The largest absolute Gasteiger partial charge is 0.493 e. The van der Waals surface area contributed by atoms with Gasteiger partial charge in [0.05, 0.1) is 33.6 Å². The molecule has 0 atom stereocenters.